The van der Waals surface area contributed by atoms with Crippen molar-refractivity contribution < 1.29 is 4.43 Å². The van der Waals surface area contributed by atoms with E-state index < -0.39 is 8.32 Å². The molecule has 0 bridgehead atoms. The molecule has 0 spiro atoms. The first-order chi connectivity index (χ1) is 10.7. The molecule has 1 heterocycles. The highest BCUT2D eigenvalue weighted by molar-refractivity contribution is 6.74. The molecule has 0 atom stereocenters. The Labute approximate surface area is 135 Å². The van der Waals surface area contributed by atoms with E-state index in [1.54, 1.807) is 0 Å². The first kappa shape index (κ1) is 15.5. The van der Waals surface area contributed by atoms with Crippen molar-refractivity contribution >= 4 is 19.2 Å². The number of aromatic nitrogens is 1. The molecule has 0 amide bonds. The lowest BCUT2D eigenvalue weighted by atomic mass is 9.90. The lowest BCUT2D eigenvalue weighted by Gasteiger charge is -2.30. The predicted molar refractivity (Wildman–Crippen MR) is 96.2 cm³/mol. The average molecular weight is 314 g/mol. The van der Waals surface area contributed by atoms with Gasteiger partial charge in [0.1, 0.15) is 5.75 Å². The Bertz CT molecular complexity index is 656. The summed E-state index contributed by atoms with van der Waals surface area (Å²) in [5, 5.41) is 1.30. The molecule has 0 fully saturated rings. The lowest BCUT2D eigenvalue weighted by Crippen LogP contribution is -2.39. The van der Waals surface area contributed by atoms with Crippen molar-refractivity contribution in [3.05, 3.63) is 35.5 Å². The fourth-order valence-corrected chi connectivity index (χ4v) is 6.29. The highest BCUT2D eigenvalue weighted by atomic mass is 28.4. The Balaban J connectivity index is 2.13. The first-order valence-electron chi connectivity index (χ1n) is 8.81. The molecule has 1 aliphatic carbocycles. The molecule has 0 aliphatic heterocycles. The Morgan fingerprint density at radius 2 is 1.77 bits per heavy atom. The van der Waals surface area contributed by atoms with E-state index >= 15 is 0 Å². The summed E-state index contributed by atoms with van der Waals surface area (Å²) in [4.78, 5) is 4.70. The maximum absolute atomic E-state index is 6.73. The molecule has 0 saturated heterocycles. The zero-order valence-electron chi connectivity index (χ0n) is 14.1. The van der Waals surface area contributed by atoms with Crippen LogP contribution in [0.4, 0.5) is 0 Å². The SMILES string of the molecule is CC[Si](CC)(CC)Oc1cccc2ncc3c(c12)CCCC3. The van der Waals surface area contributed by atoms with Gasteiger partial charge < -0.3 is 4.43 Å². The molecule has 1 aliphatic rings. The van der Waals surface area contributed by atoms with Gasteiger partial charge in [-0.05, 0) is 67.1 Å². The van der Waals surface area contributed by atoms with Gasteiger partial charge in [-0.15, -0.1) is 0 Å². The van der Waals surface area contributed by atoms with Crippen molar-refractivity contribution in [1.29, 1.82) is 0 Å². The smallest absolute Gasteiger partial charge is 0.250 e. The number of rotatable bonds is 5. The van der Waals surface area contributed by atoms with Crippen LogP contribution in [0.15, 0.2) is 24.4 Å². The highest BCUT2D eigenvalue weighted by Gasteiger charge is 2.31. The number of benzene rings is 1. The van der Waals surface area contributed by atoms with Crippen LogP contribution in [-0.2, 0) is 12.8 Å². The second-order valence-corrected chi connectivity index (χ2v) is 11.2. The molecule has 118 valence electrons. The molecule has 0 N–H and O–H groups in total. The predicted octanol–water partition coefficient (Wildman–Crippen LogP) is 5.50. The minimum Gasteiger partial charge on any atom is -0.543 e. The zero-order valence-corrected chi connectivity index (χ0v) is 15.1. The van der Waals surface area contributed by atoms with Crippen LogP contribution >= 0.6 is 0 Å². The molecule has 1 aromatic heterocycles. The van der Waals surface area contributed by atoms with Crippen molar-refractivity contribution in [3.8, 4) is 5.75 Å². The van der Waals surface area contributed by atoms with Crippen LogP contribution in [0.2, 0.25) is 18.1 Å². The molecule has 2 nitrogen and oxygen atoms in total. The van der Waals surface area contributed by atoms with Gasteiger partial charge in [-0.3, -0.25) is 4.98 Å². The summed E-state index contributed by atoms with van der Waals surface area (Å²) >= 11 is 0. The second-order valence-electron chi connectivity index (χ2n) is 6.47. The van der Waals surface area contributed by atoms with E-state index in [4.69, 9.17) is 9.41 Å². The zero-order chi connectivity index (χ0) is 15.6. The summed E-state index contributed by atoms with van der Waals surface area (Å²) < 4.78 is 6.73. The summed E-state index contributed by atoms with van der Waals surface area (Å²) in [7, 11) is -1.65. The molecule has 1 aromatic carbocycles. The summed E-state index contributed by atoms with van der Waals surface area (Å²) in [6.07, 6.45) is 7.02. The van der Waals surface area contributed by atoms with Crippen molar-refractivity contribution in [2.45, 2.75) is 64.6 Å². The van der Waals surface area contributed by atoms with Crippen LogP contribution in [0.1, 0.15) is 44.7 Å². The third-order valence-electron chi connectivity index (χ3n) is 5.44. The molecular weight excluding hydrogens is 286 g/mol. The van der Waals surface area contributed by atoms with E-state index in [0.29, 0.717) is 0 Å². The first-order valence-corrected chi connectivity index (χ1v) is 11.3. The summed E-state index contributed by atoms with van der Waals surface area (Å²) in [5.41, 5.74) is 4.04. The summed E-state index contributed by atoms with van der Waals surface area (Å²) in [6.45, 7) is 6.87. The molecule has 0 saturated carbocycles. The van der Waals surface area contributed by atoms with Crippen LogP contribution in [-0.4, -0.2) is 13.3 Å². The van der Waals surface area contributed by atoms with Crippen molar-refractivity contribution in [3.63, 3.8) is 0 Å². The fraction of sp³-hybridized carbons (Fsp3) is 0.526. The third kappa shape index (κ3) is 2.67. The number of hydrogen-bond acceptors (Lipinski definition) is 2. The van der Waals surface area contributed by atoms with E-state index in [1.807, 2.05) is 0 Å². The van der Waals surface area contributed by atoms with Gasteiger partial charge >= 0.3 is 0 Å². The minimum absolute atomic E-state index is 1.10. The molecule has 3 rings (SSSR count). The fourth-order valence-electron chi connectivity index (χ4n) is 3.72. The number of pyridine rings is 1. The van der Waals surface area contributed by atoms with Gasteiger partial charge in [0.15, 0.2) is 0 Å². The molecule has 0 unspecified atom stereocenters. The van der Waals surface area contributed by atoms with Gasteiger partial charge in [0.25, 0.3) is 8.32 Å². The van der Waals surface area contributed by atoms with Gasteiger partial charge in [-0.2, -0.15) is 0 Å². The quantitative estimate of drug-likeness (QED) is 0.680. The van der Waals surface area contributed by atoms with E-state index in [0.717, 1.165) is 11.3 Å². The van der Waals surface area contributed by atoms with E-state index in [-0.39, 0.29) is 0 Å². The monoisotopic (exact) mass is 313 g/mol. The normalized spacial score (nSPS) is 14.9. The number of aryl methyl sites for hydroxylation is 2. The van der Waals surface area contributed by atoms with Crippen LogP contribution < -0.4 is 4.43 Å². The minimum atomic E-state index is -1.65. The van der Waals surface area contributed by atoms with Crippen molar-refractivity contribution in [1.82, 2.24) is 4.98 Å². The van der Waals surface area contributed by atoms with Gasteiger partial charge in [0.05, 0.1) is 5.52 Å². The van der Waals surface area contributed by atoms with Crippen LogP contribution in [0.3, 0.4) is 0 Å². The molecular formula is C19H27NOSi. The largest absolute Gasteiger partial charge is 0.543 e. The van der Waals surface area contributed by atoms with E-state index in [1.165, 1.54) is 60.3 Å². The lowest BCUT2D eigenvalue weighted by molar-refractivity contribution is 0.536. The summed E-state index contributed by atoms with van der Waals surface area (Å²) in [5.74, 6) is 1.10. The van der Waals surface area contributed by atoms with Gasteiger partial charge in [-0.25, -0.2) is 0 Å². The van der Waals surface area contributed by atoms with E-state index in [9.17, 15) is 0 Å². The Hall–Kier alpha value is -1.35. The molecule has 22 heavy (non-hydrogen) atoms. The number of hydrogen-bond donors (Lipinski definition) is 0. The maximum atomic E-state index is 6.73. The van der Waals surface area contributed by atoms with Crippen molar-refractivity contribution in [2.75, 3.05) is 0 Å². The van der Waals surface area contributed by atoms with Crippen LogP contribution in [0.5, 0.6) is 5.75 Å². The van der Waals surface area contributed by atoms with Gasteiger partial charge in [-0.1, -0.05) is 26.8 Å². The van der Waals surface area contributed by atoms with Gasteiger partial charge in [0, 0.05) is 11.6 Å². The average Bonchev–Trinajstić information content (AvgIpc) is 2.59. The molecule has 3 heteroatoms. The summed E-state index contributed by atoms with van der Waals surface area (Å²) in [6, 6.07) is 9.93. The molecule has 0 radical (unpaired) electrons. The topological polar surface area (TPSA) is 22.1 Å². The van der Waals surface area contributed by atoms with Crippen LogP contribution in [0.25, 0.3) is 10.9 Å². The van der Waals surface area contributed by atoms with Gasteiger partial charge in [0.2, 0.25) is 0 Å². The van der Waals surface area contributed by atoms with Crippen molar-refractivity contribution in [2.24, 2.45) is 0 Å². The third-order valence-corrected chi connectivity index (χ3v) is 9.95. The second kappa shape index (κ2) is 6.41. The number of fused-ring (bicyclic) bond motifs is 3. The Morgan fingerprint density at radius 1 is 1.05 bits per heavy atom. The maximum Gasteiger partial charge on any atom is 0.250 e. The number of nitrogens with zero attached hydrogens (tertiary/aromatic N) is 1. The Kier molecular flexibility index (Phi) is 4.53. The highest BCUT2D eigenvalue weighted by Crippen LogP contribution is 2.36. The molecule has 2 aromatic rings. The Morgan fingerprint density at radius 3 is 2.50 bits per heavy atom. The van der Waals surface area contributed by atoms with Crippen LogP contribution in [0, 0.1) is 0 Å². The van der Waals surface area contributed by atoms with E-state index in [2.05, 4.69) is 45.2 Å². The standard InChI is InChI=1S/C19H27NOSi/c1-4-22(5-2,6-3)21-18-13-9-12-17-19(18)16-11-8-7-10-15(16)14-20-17/h9,12-14H,4-8,10-11H2,1-3H3.